The van der Waals surface area contributed by atoms with Crippen LogP contribution in [0.5, 0.6) is 0 Å². The topological polar surface area (TPSA) is 37.3 Å². The summed E-state index contributed by atoms with van der Waals surface area (Å²) in [6.07, 6.45) is 3.96. The fourth-order valence-electron chi connectivity index (χ4n) is 3.39. The fourth-order valence-corrected chi connectivity index (χ4v) is 3.39. The lowest BCUT2D eigenvalue weighted by Gasteiger charge is -2.35. The highest BCUT2D eigenvalue weighted by molar-refractivity contribution is 5.70. The molecule has 1 aromatic carbocycles. The molecule has 0 aliphatic heterocycles. The minimum absolute atomic E-state index is 0.229. The quantitative estimate of drug-likeness (QED) is 0.888. The zero-order valence-corrected chi connectivity index (χ0v) is 12.8. The van der Waals surface area contributed by atoms with E-state index in [-0.39, 0.29) is 5.92 Å². The van der Waals surface area contributed by atoms with E-state index in [0.29, 0.717) is 18.3 Å². The Morgan fingerprint density at radius 3 is 2.40 bits per heavy atom. The number of aliphatic carboxylic acids is 1. The van der Waals surface area contributed by atoms with Crippen LogP contribution in [-0.2, 0) is 11.2 Å². The van der Waals surface area contributed by atoms with Crippen LogP contribution in [0.1, 0.15) is 44.2 Å². The molecular weight excluding hydrogens is 248 g/mol. The summed E-state index contributed by atoms with van der Waals surface area (Å²) in [6, 6.07) is 8.28. The van der Waals surface area contributed by atoms with Gasteiger partial charge in [0, 0.05) is 0 Å². The zero-order chi connectivity index (χ0) is 14.7. The molecule has 4 atom stereocenters. The molecule has 0 bridgehead atoms. The highest BCUT2D eigenvalue weighted by atomic mass is 16.4. The molecule has 2 rings (SSSR count). The lowest BCUT2D eigenvalue weighted by Crippen LogP contribution is -2.32. The molecule has 1 N–H and O–H groups in total. The van der Waals surface area contributed by atoms with E-state index in [9.17, 15) is 9.90 Å². The molecule has 1 fully saturated rings. The van der Waals surface area contributed by atoms with Crippen molar-refractivity contribution in [1.82, 2.24) is 0 Å². The first kappa shape index (κ1) is 15.1. The minimum Gasteiger partial charge on any atom is -0.481 e. The van der Waals surface area contributed by atoms with E-state index in [1.54, 1.807) is 0 Å². The largest absolute Gasteiger partial charge is 0.481 e. The highest BCUT2D eigenvalue weighted by Gasteiger charge is 2.33. The first-order chi connectivity index (χ1) is 9.47. The van der Waals surface area contributed by atoms with Crippen molar-refractivity contribution in [3.8, 4) is 0 Å². The molecule has 0 amide bonds. The average molecular weight is 274 g/mol. The van der Waals surface area contributed by atoms with Crippen molar-refractivity contribution < 1.29 is 9.90 Å². The molecule has 2 heteroatoms. The van der Waals surface area contributed by atoms with Gasteiger partial charge in [0.25, 0.3) is 0 Å². The van der Waals surface area contributed by atoms with Gasteiger partial charge < -0.3 is 5.11 Å². The molecule has 1 saturated carbocycles. The van der Waals surface area contributed by atoms with E-state index in [4.69, 9.17) is 0 Å². The van der Waals surface area contributed by atoms with Gasteiger partial charge in [0.2, 0.25) is 0 Å². The van der Waals surface area contributed by atoms with Crippen LogP contribution in [0.25, 0.3) is 0 Å². The van der Waals surface area contributed by atoms with Crippen LogP contribution in [0.15, 0.2) is 24.3 Å². The van der Waals surface area contributed by atoms with Crippen molar-refractivity contribution in [2.45, 2.75) is 46.5 Å². The van der Waals surface area contributed by atoms with Crippen LogP contribution in [-0.4, -0.2) is 11.1 Å². The predicted molar refractivity (Wildman–Crippen MR) is 81.7 cm³/mol. The Balaban J connectivity index is 2.07. The van der Waals surface area contributed by atoms with Gasteiger partial charge in [-0.05, 0) is 49.5 Å². The zero-order valence-electron chi connectivity index (χ0n) is 12.8. The van der Waals surface area contributed by atoms with E-state index in [2.05, 4.69) is 45.0 Å². The van der Waals surface area contributed by atoms with Gasteiger partial charge in [-0.3, -0.25) is 4.79 Å². The summed E-state index contributed by atoms with van der Waals surface area (Å²) in [5.74, 6) is 0.860. The molecule has 110 valence electrons. The maximum Gasteiger partial charge on any atom is 0.307 e. The third kappa shape index (κ3) is 3.62. The van der Waals surface area contributed by atoms with Gasteiger partial charge in [-0.1, -0.05) is 50.1 Å². The van der Waals surface area contributed by atoms with Crippen LogP contribution >= 0.6 is 0 Å². The number of carboxylic acid groups (broad SMARTS) is 1. The smallest absolute Gasteiger partial charge is 0.307 e. The number of rotatable bonds is 4. The molecule has 4 unspecified atom stereocenters. The van der Waals surface area contributed by atoms with Gasteiger partial charge in [0.1, 0.15) is 0 Å². The molecule has 1 aliphatic rings. The van der Waals surface area contributed by atoms with E-state index in [1.807, 2.05) is 0 Å². The Bertz CT molecular complexity index is 449. The summed E-state index contributed by atoms with van der Waals surface area (Å²) in [5.41, 5.74) is 2.37. The highest BCUT2D eigenvalue weighted by Crippen LogP contribution is 2.38. The SMILES string of the molecule is Cc1ccc(CC(C(=O)O)C2CCC(C)C(C)C2)cc1. The molecule has 1 aromatic rings. The van der Waals surface area contributed by atoms with Crippen LogP contribution in [0.3, 0.4) is 0 Å². The maximum atomic E-state index is 11.7. The average Bonchev–Trinajstić information content (AvgIpc) is 2.41. The number of hydrogen-bond acceptors (Lipinski definition) is 1. The number of aryl methyl sites for hydroxylation is 1. The fraction of sp³-hybridized carbons (Fsp3) is 0.611. The van der Waals surface area contributed by atoms with Crippen molar-refractivity contribution in [2.75, 3.05) is 0 Å². The number of hydrogen-bond donors (Lipinski definition) is 1. The van der Waals surface area contributed by atoms with Crippen molar-refractivity contribution in [3.05, 3.63) is 35.4 Å². The van der Waals surface area contributed by atoms with E-state index < -0.39 is 5.97 Å². The first-order valence-corrected chi connectivity index (χ1v) is 7.75. The molecule has 1 aliphatic carbocycles. The molecule has 0 radical (unpaired) electrons. The first-order valence-electron chi connectivity index (χ1n) is 7.75. The van der Waals surface area contributed by atoms with E-state index in [0.717, 1.165) is 24.3 Å². The summed E-state index contributed by atoms with van der Waals surface area (Å²) in [6.45, 7) is 6.61. The molecule has 0 spiro atoms. The molecular formula is C18H26O2. The molecule has 0 heterocycles. The molecule has 2 nitrogen and oxygen atoms in total. The van der Waals surface area contributed by atoms with Crippen LogP contribution in [0, 0.1) is 30.6 Å². The van der Waals surface area contributed by atoms with Crippen molar-refractivity contribution in [2.24, 2.45) is 23.7 Å². The molecule has 0 aromatic heterocycles. The van der Waals surface area contributed by atoms with Crippen LogP contribution in [0.2, 0.25) is 0 Å². The lowest BCUT2D eigenvalue weighted by molar-refractivity contribution is -0.144. The maximum absolute atomic E-state index is 11.7. The standard InChI is InChI=1S/C18H26O2/c1-12-4-7-15(8-5-12)11-17(18(19)20)16-9-6-13(2)14(3)10-16/h4-5,7-8,13-14,16-17H,6,9-11H2,1-3H3,(H,19,20). The summed E-state index contributed by atoms with van der Waals surface area (Å²) in [7, 11) is 0. The third-order valence-corrected chi connectivity index (χ3v) is 5.10. The van der Waals surface area contributed by atoms with Gasteiger partial charge in [-0.2, -0.15) is 0 Å². The Hall–Kier alpha value is -1.31. The molecule has 20 heavy (non-hydrogen) atoms. The minimum atomic E-state index is -0.627. The monoisotopic (exact) mass is 274 g/mol. The second-order valence-corrected chi connectivity index (χ2v) is 6.66. The Kier molecular flexibility index (Phi) is 4.85. The second-order valence-electron chi connectivity index (χ2n) is 6.66. The van der Waals surface area contributed by atoms with Gasteiger partial charge in [0.15, 0.2) is 0 Å². The van der Waals surface area contributed by atoms with Gasteiger partial charge in [0.05, 0.1) is 5.92 Å². The number of benzene rings is 1. The van der Waals surface area contributed by atoms with Gasteiger partial charge >= 0.3 is 5.97 Å². The Labute approximate surface area is 122 Å². The Morgan fingerprint density at radius 1 is 1.20 bits per heavy atom. The van der Waals surface area contributed by atoms with E-state index in [1.165, 1.54) is 12.0 Å². The normalized spacial score (nSPS) is 28.1. The summed E-state index contributed by atoms with van der Waals surface area (Å²) in [5, 5.41) is 9.59. The third-order valence-electron chi connectivity index (χ3n) is 5.10. The lowest BCUT2D eigenvalue weighted by atomic mass is 9.70. The van der Waals surface area contributed by atoms with E-state index >= 15 is 0 Å². The number of carboxylic acids is 1. The van der Waals surface area contributed by atoms with Crippen molar-refractivity contribution in [3.63, 3.8) is 0 Å². The van der Waals surface area contributed by atoms with Crippen LogP contribution in [0.4, 0.5) is 0 Å². The summed E-state index contributed by atoms with van der Waals surface area (Å²) < 4.78 is 0. The molecule has 0 saturated heterocycles. The van der Waals surface area contributed by atoms with Gasteiger partial charge in [-0.15, -0.1) is 0 Å². The number of carbonyl (C=O) groups is 1. The summed E-state index contributed by atoms with van der Waals surface area (Å²) in [4.78, 5) is 11.7. The van der Waals surface area contributed by atoms with Crippen molar-refractivity contribution >= 4 is 5.97 Å². The summed E-state index contributed by atoms with van der Waals surface area (Å²) >= 11 is 0. The van der Waals surface area contributed by atoms with Gasteiger partial charge in [-0.25, -0.2) is 0 Å². The second kappa shape index (κ2) is 6.43. The van der Waals surface area contributed by atoms with Crippen LogP contribution < -0.4 is 0 Å². The predicted octanol–water partition coefficient (Wildman–Crippen LogP) is 4.31. The van der Waals surface area contributed by atoms with Crippen molar-refractivity contribution in [1.29, 1.82) is 0 Å². The Morgan fingerprint density at radius 2 is 1.85 bits per heavy atom.